The number of hydrogen-bond acceptors (Lipinski definition) is 4. The van der Waals surface area contributed by atoms with Crippen molar-refractivity contribution in [3.8, 4) is 11.5 Å². The first-order chi connectivity index (χ1) is 11.7. The van der Waals surface area contributed by atoms with Crippen LogP contribution in [0.15, 0.2) is 72.9 Å². The number of benzene rings is 2. The van der Waals surface area contributed by atoms with Crippen LogP contribution in [-0.2, 0) is 6.54 Å². The number of anilines is 1. The normalized spacial score (nSPS) is 10.2. The first kappa shape index (κ1) is 15.6. The molecule has 1 amide bonds. The lowest BCUT2D eigenvalue weighted by Gasteiger charge is -2.08. The third kappa shape index (κ3) is 3.89. The summed E-state index contributed by atoms with van der Waals surface area (Å²) in [6.45, 7) is 0.402. The number of nitrogens with zero attached hydrogens (tertiary/aromatic N) is 1. The molecule has 5 heteroatoms. The van der Waals surface area contributed by atoms with Crippen LogP contribution < -0.4 is 15.8 Å². The molecule has 2 aromatic carbocycles. The molecule has 0 aliphatic heterocycles. The van der Waals surface area contributed by atoms with Crippen molar-refractivity contribution in [2.45, 2.75) is 6.54 Å². The number of nitrogens with one attached hydrogen (secondary N) is 1. The lowest BCUT2D eigenvalue weighted by Crippen LogP contribution is -2.24. The minimum atomic E-state index is -0.245. The number of ether oxygens (including phenoxy) is 1. The summed E-state index contributed by atoms with van der Waals surface area (Å²) in [6.07, 6.45) is 1.55. The molecular weight excluding hydrogens is 302 g/mol. The smallest absolute Gasteiger partial charge is 0.255 e. The highest BCUT2D eigenvalue weighted by molar-refractivity contribution is 5.98. The second-order valence-electron chi connectivity index (χ2n) is 5.18. The van der Waals surface area contributed by atoms with E-state index in [9.17, 15) is 4.79 Å². The Morgan fingerprint density at radius 2 is 1.67 bits per heavy atom. The number of nitrogens with two attached hydrogens (primary N) is 1. The Hall–Kier alpha value is -3.34. The van der Waals surface area contributed by atoms with Gasteiger partial charge in [-0.2, -0.15) is 0 Å². The predicted molar refractivity (Wildman–Crippen MR) is 92.8 cm³/mol. The van der Waals surface area contributed by atoms with Gasteiger partial charge in [-0.05, 0) is 42.0 Å². The van der Waals surface area contributed by atoms with E-state index in [4.69, 9.17) is 10.5 Å². The topological polar surface area (TPSA) is 77.2 Å². The maximum Gasteiger partial charge on any atom is 0.255 e. The lowest BCUT2D eigenvalue weighted by atomic mass is 10.2. The average molecular weight is 319 g/mol. The number of para-hydroxylation sites is 1. The Morgan fingerprint density at radius 1 is 0.958 bits per heavy atom. The number of aromatic nitrogens is 1. The van der Waals surface area contributed by atoms with Crippen LogP contribution in [0.4, 0.5) is 5.82 Å². The van der Waals surface area contributed by atoms with Gasteiger partial charge < -0.3 is 15.8 Å². The van der Waals surface area contributed by atoms with E-state index in [1.807, 2.05) is 54.6 Å². The third-order valence-electron chi connectivity index (χ3n) is 3.44. The van der Waals surface area contributed by atoms with Crippen molar-refractivity contribution in [3.63, 3.8) is 0 Å². The predicted octanol–water partition coefficient (Wildman–Crippen LogP) is 3.39. The number of hydrogen-bond donors (Lipinski definition) is 2. The van der Waals surface area contributed by atoms with Gasteiger partial charge in [-0.1, -0.05) is 30.3 Å². The van der Waals surface area contributed by atoms with Crippen LogP contribution in [-0.4, -0.2) is 10.9 Å². The molecule has 0 aliphatic carbocycles. The zero-order valence-electron chi connectivity index (χ0n) is 13.0. The van der Waals surface area contributed by atoms with Crippen LogP contribution in [0.3, 0.4) is 0 Å². The van der Waals surface area contributed by atoms with Gasteiger partial charge >= 0.3 is 0 Å². The Labute approximate surface area is 140 Å². The molecule has 1 aromatic heterocycles. The first-order valence-corrected chi connectivity index (χ1v) is 7.53. The van der Waals surface area contributed by atoms with E-state index in [0.717, 1.165) is 17.1 Å². The van der Waals surface area contributed by atoms with Crippen molar-refractivity contribution in [2.24, 2.45) is 0 Å². The SMILES string of the molecule is Nc1ncccc1C(=O)NCc1ccc(Oc2ccccc2)cc1. The highest BCUT2D eigenvalue weighted by Gasteiger charge is 2.09. The van der Waals surface area contributed by atoms with Crippen LogP contribution in [0.25, 0.3) is 0 Å². The standard InChI is InChI=1S/C19H17N3O2/c20-18-17(7-4-12-21-18)19(23)22-13-14-8-10-16(11-9-14)24-15-5-2-1-3-6-15/h1-12H,13H2,(H2,20,21)(H,22,23). The maximum absolute atomic E-state index is 12.1. The summed E-state index contributed by atoms with van der Waals surface area (Å²) >= 11 is 0. The summed E-state index contributed by atoms with van der Waals surface area (Å²) < 4.78 is 5.73. The molecule has 0 saturated heterocycles. The molecule has 0 fully saturated rings. The number of carbonyl (C=O) groups excluding carboxylic acids is 1. The van der Waals surface area contributed by atoms with Gasteiger partial charge in [0.1, 0.15) is 17.3 Å². The van der Waals surface area contributed by atoms with Crippen LogP contribution in [0.2, 0.25) is 0 Å². The maximum atomic E-state index is 12.1. The van der Waals surface area contributed by atoms with Gasteiger partial charge in [0.05, 0.1) is 5.56 Å². The fourth-order valence-electron chi connectivity index (χ4n) is 2.19. The minimum Gasteiger partial charge on any atom is -0.457 e. The van der Waals surface area contributed by atoms with E-state index in [2.05, 4.69) is 10.3 Å². The van der Waals surface area contributed by atoms with Crippen molar-refractivity contribution >= 4 is 11.7 Å². The average Bonchev–Trinajstić information content (AvgIpc) is 2.62. The van der Waals surface area contributed by atoms with Crippen molar-refractivity contribution in [2.75, 3.05) is 5.73 Å². The van der Waals surface area contributed by atoms with E-state index in [1.165, 1.54) is 0 Å². The van der Waals surface area contributed by atoms with Crippen LogP contribution in [0.1, 0.15) is 15.9 Å². The third-order valence-corrected chi connectivity index (χ3v) is 3.44. The molecule has 3 aromatic rings. The Bertz CT molecular complexity index is 818. The van der Waals surface area contributed by atoms with Crippen LogP contribution in [0.5, 0.6) is 11.5 Å². The summed E-state index contributed by atoms with van der Waals surface area (Å²) in [4.78, 5) is 16.0. The highest BCUT2D eigenvalue weighted by atomic mass is 16.5. The van der Waals surface area contributed by atoms with Crippen molar-refractivity contribution in [3.05, 3.63) is 84.1 Å². The highest BCUT2D eigenvalue weighted by Crippen LogP contribution is 2.21. The summed E-state index contributed by atoms with van der Waals surface area (Å²) in [5.74, 6) is 1.50. The molecule has 0 spiro atoms. The van der Waals surface area contributed by atoms with Gasteiger partial charge in [-0.15, -0.1) is 0 Å². The minimum absolute atomic E-state index is 0.224. The molecule has 0 bridgehead atoms. The number of amides is 1. The van der Waals surface area contributed by atoms with E-state index in [0.29, 0.717) is 12.1 Å². The molecule has 0 aliphatic rings. The van der Waals surface area contributed by atoms with Crippen LogP contribution in [0, 0.1) is 0 Å². The van der Waals surface area contributed by atoms with Gasteiger partial charge in [0, 0.05) is 12.7 Å². The number of carbonyl (C=O) groups is 1. The summed E-state index contributed by atoms with van der Waals surface area (Å²) in [5.41, 5.74) is 7.04. The Balaban J connectivity index is 1.58. The molecule has 0 radical (unpaired) electrons. The molecule has 3 rings (SSSR count). The summed E-state index contributed by atoms with van der Waals surface area (Å²) in [6, 6.07) is 20.4. The summed E-state index contributed by atoms with van der Waals surface area (Å²) in [5, 5.41) is 2.83. The number of pyridine rings is 1. The molecule has 1 heterocycles. The van der Waals surface area contributed by atoms with Gasteiger partial charge in [0.2, 0.25) is 0 Å². The van der Waals surface area contributed by atoms with Gasteiger partial charge in [-0.25, -0.2) is 4.98 Å². The Kier molecular flexibility index (Phi) is 4.72. The number of nitrogen functional groups attached to an aromatic ring is 1. The molecule has 0 saturated carbocycles. The lowest BCUT2D eigenvalue weighted by molar-refractivity contribution is 0.0951. The first-order valence-electron chi connectivity index (χ1n) is 7.53. The second kappa shape index (κ2) is 7.28. The second-order valence-corrected chi connectivity index (χ2v) is 5.18. The van der Waals surface area contributed by atoms with Crippen molar-refractivity contribution in [1.82, 2.24) is 10.3 Å². The van der Waals surface area contributed by atoms with E-state index < -0.39 is 0 Å². The van der Waals surface area contributed by atoms with E-state index in [1.54, 1.807) is 18.3 Å². The molecular formula is C19H17N3O2. The largest absolute Gasteiger partial charge is 0.457 e. The molecule has 120 valence electrons. The Morgan fingerprint density at radius 3 is 2.38 bits per heavy atom. The molecule has 0 atom stereocenters. The van der Waals surface area contributed by atoms with Crippen LogP contribution >= 0.6 is 0 Å². The zero-order valence-corrected chi connectivity index (χ0v) is 13.0. The van der Waals surface area contributed by atoms with Crippen molar-refractivity contribution < 1.29 is 9.53 Å². The fraction of sp³-hybridized carbons (Fsp3) is 0.0526. The fourth-order valence-corrected chi connectivity index (χ4v) is 2.19. The summed E-state index contributed by atoms with van der Waals surface area (Å²) in [7, 11) is 0. The van der Waals surface area contributed by atoms with Gasteiger partial charge in [0.25, 0.3) is 5.91 Å². The molecule has 0 unspecified atom stereocenters. The van der Waals surface area contributed by atoms with E-state index >= 15 is 0 Å². The molecule has 3 N–H and O–H groups in total. The molecule has 24 heavy (non-hydrogen) atoms. The van der Waals surface area contributed by atoms with E-state index in [-0.39, 0.29) is 11.7 Å². The quantitative estimate of drug-likeness (QED) is 0.756. The monoisotopic (exact) mass is 319 g/mol. The van der Waals surface area contributed by atoms with Crippen molar-refractivity contribution in [1.29, 1.82) is 0 Å². The number of rotatable bonds is 5. The zero-order chi connectivity index (χ0) is 16.8. The van der Waals surface area contributed by atoms with Gasteiger partial charge in [-0.3, -0.25) is 4.79 Å². The molecule has 5 nitrogen and oxygen atoms in total. The van der Waals surface area contributed by atoms with Gasteiger partial charge in [0.15, 0.2) is 0 Å².